The number of rotatable bonds is 5. The van der Waals surface area contributed by atoms with Gasteiger partial charge in [0.15, 0.2) is 0 Å². The van der Waals surface area contributed by atoms with E-state index in [9.17, 15) is 14.4 Å². The van der Waals surface area contributed by atoms with Crippen LogP contribution < -0.4 is 16.0 Å². The highest BCUT2D eigenvalue weighted by Gasteiger charge is 2.29. The fourth-order valence-electron chi connectivity index (χ4n) is 2.35. The molecule has 2 aromatic rings. The molecule has 0 aliphatic carbocycles. The van der Waals surface area contributed by atoms with Crippen LogP contribution >= 0.6 is 11.3 Å². The van der Waals surface area contributed by atoms with Crippen molar-refractivity contribution >= 4 is 39.3 Å². The van der Waals surface area contributed by atoms with E-state index in [0.29, 0.717) is 13.0 Å². The minimum absolute atomic E-state index is 0.139. The van der Waals surface area contributed by atoms with Crippen molar-refractivity contribution in [2.24, 2.45) is 0 Å². The molecule has 1 atom stereocenters. The molecule has 4 amide bonds. The Bertz CT molecular complexity index is 740. The molecule has 0 bridgehead atoms. The lowest BCUT2D eigenvalue weighted by molar-refractivity contribution is -0.122. The van der Waals surface area contributed by atoms with Gasteiger partial charge < -0.3 is 10.6 Å². The summed E-state index contributed by atoms with van der Waals surface area (Å²) in [6.45, 7) is 0.452. The Balaban J connectivity index is 1.47. The molecule has 2 heterocycles. The van der Waals surface area contributed by atoms with Crippen molar-refractivity contribution in [3.8, 4) is 0 Å². The molecule has 3 rings (SSSR count). The molecule has 1 aromatic heterocycles. The predicted octanol–water partition coefficient (Wildman–Crippen LogP) is 1.51. The number of fused-ring (bicyclic) bond motifs is 1. The van der Waals surface area contributed by atoms with Crippen LogP contribution in [0.15, 0.2) is 29.6 Å². The molecule has 6 nitrogen and oxygen atoms in total. The molecule has 114 valence electrons. The van der Waals surface area contributed by atoms with E-state index in [4.69, 9.17) is 0 Å². The van der Waals surface area contributed by atoms with Crippen molar-refractivity contribution in [3.63, 3.8) is 0 Å². The Hall–Kier alpha value is -2.41. The largest absolute Gasteiger partial charge is 0.352 e. The van der Waals surface area contributed by atoms with Crippen molar-refractivity contribution in [2.75, 3.05) is 0 Å². The van der Waals surface area contributed by atoms with Crippen LogP contribution in [0.25, 0.3) is 10.1 Å². The van der Waals surface area contributed by atoms with E-state index in [2.05, 4.69) is 22.0 Å². The monoisotopic (exact) mass is 317 g/mol. The van der Waals surface area contributed by atoms with Gasteiger partial charge in [-0.15, -0.1) is 11.3 Å². The first-order chi connectivity index (χ1) is 10.6. The molecule has 1 aromatic carbocycles. The summed E-state index contributed by atoms with van der Waals surface area (Å²) in [6.07, 6.45) is 0.492. The Morgan fingerprint density at radius 3 is 2.91 bits per heavy atom. The zero-order valence-corrected chi connectivity index (χ0v) is 12.5. The van der Waals surface area contributed by atoms with Crippen molar-refractivity contribution in [2.45, 2.75) is 25.4 Å². The fourth-order valence-corrected chi connectivity index (χ4v) is 3.12. The Morgan fingerprint density at radius 1 is 1.27 bits per heavy atom. The maximum Gasteiger partial charge on any atom is 0.322 e. The third kappa shape index (κ3) is 3.25. The molecule has 22 heavy (non-hydrogen) atoms. The van der Waals surface area contributed by atoms with Crippen LogP contribution in [-0.2, 0) is 16.1 Å². The van der Waals surface area contributed by atoms with E-state index in [0.717, 1.165) is 5.56 Å². The number of thiophene rings is 1. The van der Waals surface area contributed by atoms with Crippen LogP contribution in [0.4, 0.5) is 4.79 Å². The summed E-state index contributed by atoms with van der Waals surface area (Å²) in [5.74, 6) is -0.514. The van der Waals surface area contributed by atoms with E-state index < -0.39 is 12.1 Å². The number of amides is 4. The Labute approximate surface area is 130 Å². The van der Waals surface area contributed by atoms with Gasteiger partial charge in [0.1, 0.15) is 6.04 Å². The summed E-state index contributed by atoms with van der Waals surface area (Å²) in [4.78, 5) is 34.1. The normalized spacial score (nSPS) is 17.4. The maximum atomic E-state index is 11.8. The topological polar surface area (TPSA) is 87.3 Å². The molecule has 0 radical (unpaired) electrons. The molecule has 1 unspecified atom stereocenters. The molecular formula is C15H15N3O3S. The summed E-state index contributed by atoms with van der Waals surface area (Å²) in [5.41, 5.74) is 1.03. The predicted molar refractivity (Wildman–Crippen MR) is 83.4 cm³/mol. The number of hydrogen-bond acceptors (Lipinski definition) is 4. The third-order valence-corrected chi connectivity index (χ3v) is 4.42. The van der Waals surface area contributed by atoms with Gasteiger partial charge in [-0.1, -0.05) is 6.07 Å². The second kappa shape index (κ2) is 6.15. The second-order valence-electron chi connectivity index (χ2n) is 5.12. The second-order valence-corrected chi connectivity index (χ2v) is 6.07. The lowest BCUT2D eigenvalue weighted by Crippen LogP contribution is -2.31. The van der Waals surface area contributed by atoms with Gasteiger partial charge in [0, 0.05) is 17.7 Å². The first kappa shape index (κ1) is 14.5. The minimum Gasteiger partial charge on any atom is -0.352 e. The Morgan fingerprint density at radius 2 is 2.14 bits per heavy atom. The standard InChI is InChI=1S/C15H15N3O3S/c19-13(4-2-11-14(20)18-15(21)17-11)16-8-9-1-3-12-10(7-9)5-6-22-12/h1,3,5-7,11H,2,4,8H2,(H,16,19)(H2,17,18,20,21). The van der Waals surface area contributed by atoms with Gasteiger partial charge in [0.2, 0.25) is 5.91 Å². The molecule has 3 N–H and O–H groups in total. The molecule has 7 heteroatoms. The summed E-state index contributed by atoms with van der Waals surface area (Å²) >= 11 is 1.68. The summed E-state index contributed by atoms with van der Waals surface area (Å²) < 4.78 is 1.22. The SMILES string of the molecule is O=C(CCC1NC(=O)NC1=O)NCc1ccc2sccc2c1. The number of imide groups is 1. The molecule has 1 fully saturated rings. The average molecular weight is 317 g/mol. The molecule has 1 saturated heterocycles. The van der Waals surface area contributed by atoms with E-state index in [-0.39, 0.29) is 18.2 Å². The number of urea groups is 1. The number of nitrogens with one attached hydrogen (secondary N) is 3. The lowest BCUT2D eigenvalue weighted by atomic mass is 10.1. The van der Waals surface area contributed by atoms with Crippen molar-refractivity contribution in [1.29, 1.82) is 0 Å². The zero-order valence-electron chi connectivity index (χ0n) is 11.7. The maximum absolute atomic E-state index is 11.8. The van der Waals surface area contributed by atoms with E-state index in [1.165, 1.54) is 10.1 Å². The summed E-state index contributed by atoms with van der Waals surface area (Å²) in [7, 11) is 0. The van der Waals surface area contributed by atoms with Crippen LogP contribution in [0.5, 0.6) is 0 Å². The number of carbonyl (C=O) groups excluding carboxylic acids is 3. The number of hydrogen-bond donors (Lipinski definition) is 3. The van der Waals surface area contributed by atoms with Crippen LogP contribution in [0, 0.1) is 0 Å². The smallest absolute Gasteiger partial charge is 0.322 e. The Kier molecular flexibility index (Phi) is 4.06. The lowest BCUT2D eigenvalue weighted by Gasteiger charge is -2.08. The van der Waals surface area contributed by atoms with Crippen LogP contribution in [0.3, 0.4) is 0 Å². The van der Waals surface area contributed by atoms with Gasteiger partial charge >= 0.3 is 6.03 Å². The van der Waals surface area contributed by atoms with E-state index in [1.54, 1.807) is 11.3 Å². The van der Waals surface area contributed by atoms with E-state index in [1.807, 2.05) is 23.6 Å². The van der Waals surface area contributed by atoms with Crippen LogP contribution in [0.1, 0.15) is 18.4 Å². The summed E-state index contributed by atoms with van der Waals surface area (Å²) in [5, 5.41) is 10.6. The first-order valence-corrected chi connectivity index (χ1v) is 7.84. The van der Waals surface area contributed by atoms with Gasteiger partial charge in [-0.05, 0) is 40.9 Å². The van der Waals surface area contributed by atoms with Gasteiger partial charge in [-0.3, -0.25) is 14.9 Å². The van der Waals surface area contributed by atoms with Gasteiger partial charge in [0.05, 0.1) is 0 Å². The van der Waals surface area contributed by atoms with Crippen LogP contribution in [0.2, 0.25) is 0 Å². The third-order valence-electron chi connectivity index (χ3n) is 3.53. The first-order valence-electron chi connectivity index (χ1n) is 6.96. The van der Waals surface area contributed by atoms with Crippen molar-refractivity contribution < 1.29 is 14.4 Å². The van der Waals surface area contributed by atoms with Gasteiger partial charge in [-0.25, -0.2) is 4.79 Å². The average Bonchev–Trinajstić information content (AvgIpc) is 3.08. The molecular weight excluding hydrogens is 302 g/mol. The number of carbonyl (C=O) groups is 3. The highest BCUT2D eigenvalue weighted by Crippen LogP contribution is 2.21. The molecule has 1 aliphatic heterocycles. The minimum atomic E-state index is -0.611. The van der Waals surface area contributed by atoms with Gasteiger partial charge in [0.25, 0.3) is 5.91 Å². The quantitative estimate of drug-likeness (QED) is 0.730. The number of benzene rings is 1. The van der Waals surface area contributed by atoms with E-state index >= 15 is 0 Å². The highest BCUT2D eigenvalue weighted by molar-refractivity contribution is 7.17. The highest BCUT2D eigenvalue weighted by atomic mass is 32.1. The fraction of sp³-hybridized carbons (Fsp3) is 0.267. The molecule has 0 spiro atoms. The summed E-state index contributed by atoms with van der Waals surface area (Å²) in [6, 6.07) is 7.02. The molecule has 0 saturated carbocycles. The zero-order chi connectivity index (χ0) is 15.5. The van der Waals surface area contributed by atoms with Crippen LogP contribution in [-0.4, -0.2) is 23.9 Å². The van der Waals surface area contributed by atoms with Crippen molar-refractivity contribution in [1.82, 2.24) is 16.0 Å². The van der Waals surface area contributed by atoms with Gasteiger partial charge in [-0.2, -0.15) is 0 Å². The molecule has 1 aliphatic rings. The van der Waals surface area contributed by atoms with Crippen molar-refractivity contribution in [3.05, 3.63) is 35.2 Å².